The number of hydrogen-bond acceptors (Lipinski definition) is 3. The Balaban J connectivity index is 2.21. The first-order valence-corrected chi connectivity index (χ1v) is 7.42. The molecule has 3 rings (SSSR count). The Hall–Kier alpha value is -2.21. The predicted octanol–water partition coefficient (Wildman–Crippen LogP) is 3.88. The number of carboxylic acid groups (broad SMARTS) is 1. The van der Waals surface area contributed by atoms with E-state index in [0.717, 1.165) is 34.4 Å². The van der Waals surface area contributed by atoms with Gasteiger partial charge in [-0.05, 0) is 36.8 Å². The number of nitrogens with zero attached hydrogens (tertiary/aromatic N) is 2. The lowest BCUT2D eigenvalue weighted by Gasteiger charge is -2.01. The molecule has 0 aliphatic carbocycles. The molecule has 2 aromatic heterocycles. The van der Waals surface area contributed by atoms with Crippen LogP contribution in [-0.2, 0) is 6.42 Å². The van der Waals surface area contributed by atoms with E-state index in [2.05, 4.69) is 5.10 Å². The van der Waals surface area contributed by atoms with Crippen molar-refractivity contribution in [2.45, 2.75) is 19.8 Å². The van der Waals surface area contributed by atoms with Crippen LogP contribution >= 0.6 is 11.3 Å². The minimum absolute atomic E-state index is 0.288. The number of benzene rings is 1. The number of fused-ring (bicyclic) bond motifs is 1. The summed E-state index contributed by atoms with van der Waals surface area (Å²) in [5.41, 5.74) is 1.60. The van der Waals surface area contributed by atoms with Crippen molar-refractivity contribution in [3.05, 3.63) is 46.7 Å². The van der Waals surface area contributed by atoms with Crippen LogP contribution < -0.4 is 0 Å². The van der Waals surface area contributed by atoms with Gasteiger partial charge in [-0.25, -0.2) is 13.9 Å². The van der Waals surface area contributed by atoms with E-state index in [1.807, 2.05) is 6.92 Å². The van der Waals surface area contributed by atoms with Gasteiger partial charge in [0.2, 0.25) is 0 Å². The maximum absolute atomic E-state index is 13.0. The van der Waals surface area contributed by atoms with E-state index in [4.69, 9.17) is 5.11 Å². The molecule has 2 heterocycles. The summed E-state index contributed by atoms with van der Waals surface area (Å²) in [5, 5.41) is 14.6. The van der Waals surface area contributed by atoms with Gasteiger partial charge in [-0.2, -0.15) is 5.10 Å². The van der Waals surface area contributed by atoms with E-state index in [1.165, 1.54) is 23.5 Å². The molecule has 6 heteroatoms. The topological polar surface area (TPSA) is 55.1 Å². The van der Waals surface area contributed by atoms with Gasteiger partial charge in [-0.15, -0.1) is 11.3 Å². The number of carbonyl (C=O) groups is 1. The Bertz CT molecular complexity index is 805. The lowest BCUT2D eigenvalue weighted by atomic mass is 10.2. The van der Waals surface area contributed by atoms with Crippen LogP contribution in [-0.4, -0.2) is 20.9 Å². The molecule has 0 radical (unpaired) electrons. The van der Waals surface area contributed by atoms with E-state index < -0.39 is 5.97 Å². The molecule has 1 N–H and O–H groups in total. The summed E-state index contributed by atoms with van der Waals surface area (Å²) in [4.78, 5) is 12.2. The minimum Gasteiger partial charge on any atom is -0.477 e. The van der Waals surface area contributed by atoms with Gasteiger partial charge in [0.1, 0.15) is 15.5 Å². The Morgan fingerprint density at radius 3 is 2.71 bits per heavy atom. The molecule has 0 amide bonds. The number of hydrogen-bond donors (Lipinski definition) is 1. The lowest BCUT2D eigenvalue weighted by molar-refractivity contribution is 0.0702. The SMILES string of the molecule is CCCc1nn(-c2ccc(F)cc2)c2sc(C(=O)O)cc12. The van der Waals surface area contributed by atoms with E-state index in [-0.39, 0.29) is 10.7 Å². The van der Waals surface area contributed by atoms with Gasteiger partial charge < -0.3 is 5.11 Å². The van der Waals surface area contributed by atoms with Gasteiger partial charge in [0.15, 0.2) is 0 Å². The fraction of sp³-hybridized carbons (Fsp3) is 0.200. The van der Waals surface area contributed by atoms with Crippen molar-refractivity contribution >= 4 is 27.5 Å². The second-order valence-corrected chi connectivity index (χ2v) is 5.75. The van der Waals surface area contributed by atoms with Crippen LogP contribution in [0.25, 0.3) is 15.9 Å². The Labute approximate surface area is 124 Å². The van der Waals surface area contributed by atoms with Crippen LogP contribution in [0, 0.1) is 5.82 Å². The summed E-state index contributed by atoms with van der Waals surface area (Å²) < 4.78 is 14.7. The first kappa shape index (κ1) is 13.8. The van der Waals surface area contributed by atoms with Crippen LogP contribution in [0.3, 0.4) is 0 Å². The summed E-state index contributed by atoms with van der Waals surface area (Å²) in [5.74, 6) is -1.25. The summed E-state index contributed by atoms with van der Waals surface area (Å²) in [6, 6.07) is 7.68. The van der Waals surface area contributed by atoms with Crippen LogP contribution in [0.15, 0.2) is 30.3 Å². The second kappa shape index (κ2) is 5.29. The van der Waals surface area contributed by atoms with Crippen molar-refractivity contribution in [2.24, 2.45) is 0 Å². The van der Waals surface area contributed by atoms with Gasteiger partial charge in [-0.3, -0.25) is 0 Å². The lowest BCUT2D eigenvalue weighted by Crippen LogP contribution is -1.97. The van der Waals surface area contributed by atoms with Crippen LogP contribution in [0.1, 0.15) is 28.7 Å². The molecular formula is C15H13FN2O2S. The Kier molecular flexibility index (Phi) is 3.47. The molecule has 0 saturated carbocycles. The smallest absolute Gasteiger partial charge is 0.345 e. The van der Waals surface area contributed by atoms with E-state index in [9.17, 15) is 9.18 Å². The number of rotatable bonds is 4. The summed E-state index contributed by atoms with van der Waals surface area (Å²) >= 11 is 1.18. The van der Waals surface area contributed by atoms with E-state index in [1.54, 1.807) is 22.9 Å². The highest BCUT2D eigenvalue weighted by atomic mass is 32.1. The Morgan fingerprint density at radius 1 is 1.38 bits per heavy atom. The van der Waals surface area contributed by atoms with Gasteiger partial charge in [0, 0.05) is 5.39 Å². The monoisotopic (exact) mass is 304 g/mol. The maximum Gasteiger partial charge on any atom is 0.345 e. The zero-order valence-corrected chi connectivity index (χ0v) is 12.2. The molecule has 0 aliphatic rings. The molecule has 3 aromatic rings. The third-order valence-electron chi connectivity index (χ3n) is 3.21. The van der Waals surface area contributed by atoms with Crippen molar-refractivity contribution in [3.63, 3.8) is 0 Å². The minimum atomic E-state index is -0.940. The van der Waals surface area contributed by atoms with E-state index in [0.29, 0.717) is 0 Å². The fourth-order valence-electron chi connectivity index (χ4n) is 2.25. The number of aromatic carboxylic acids is 1. The summed E-state index contributed by atoms with van der Waals surface area (Å²) in [7, 11) is 0. The standard InChI is InChI=1S/C15H13FN2O2S/c1-2-3-12-11-8-13(15(19)20)21-14(11)18(17-12)10-6-4-9(16)5-7-10/h4-8H,2-3H2,1H3,(H,19,20). The molecule has 108 valence electrons. The highest BCUT2D eigenvalue weighted by Gasteiger charge is 2.18. The molecule has 0 aliphatic heterocycles. The quantitative estimate of drug-likeness (QED) is 0.796. The molecule has 0 spiro atoms. The third-order valence-corrected chi connectivity index (χ3v) is 4.30. The van der Waals surface area contributed by atoms with E-state index >= 15 is 0 Å². The van der Waals surface area contributed by atoms with Crippen LogP contribution in [0.2, 0.25) is 0 Å². The third kappa shape index (κ3) is 2.42. The van der Waals surface area contributed by atoms with Crippen molar-refractivity contribution in [1.29, 1.82) is 0 Å². The zero-order valence-electron chi connectivity index (χ0n) is 11.3. The molecule has 0 saturated heterocycles. The van der Waals surface area contributed by atoms with Gasteiger partial charge >= 0.3 is 5.97 Å². The first-order chi connectivity index (χ1) is 10.1. The van der Waals surface area contributed by atoms with Gasteiger partial charge in [0.05, 0.1) is 11.4 Å². The van der Waals surface area contributed by atoms with Crippen molar-refractivity contribution < 1.29 is 14.3 Å². The summed E-state index contributed by atoms with van der Waals surface area (Å²) in [6.07, 6.45) is 1.70. The van der Waals surface area contributed by atoms with Crippen LogP contribution in [0.5, 0.6) is 0 Å². The highest BCUT2D eigenvalue weighted by molar-refractivity contribution is 7.20. The molecule has 0 unspecified atom stereocenters. The first-order valence-electron chi connectivity index (χ1n) is 6.61. The number of carboxylic acids is 1. The molecule has 0 fully saturated rings. The maximum atomic E-state index is 13.0. The number of aromatic nitrogens is 2. The van der Waals surface area contributed by atoms with Crippen molar-refractivity contribution in [1.82, 2.24) is 9.78 Å². The average molecular weight is 304 g/mol. The fourth-order valence-corrected chi connectivity index (χ4v) is 3.24. The van der Waals surface area contributed by atoms with Gasteiger partial charge in [-0.1, -0.05) is 13.3 Å². The van der Waals surface area contributed by atoms with Crippen molar-refractivity contribution in [3.8, 4) is 5.69 Å². The number of halogens is 1. The highest BCUT2D eigenvalue weighted by Crippen LogP contribution is 2.31. The molecule has 0 atom stereocenters. The van der Waals surface area contributed by atoms with Gasteiger partial charge in [0.25, 0.3) is 0 Å². The molecule has 21 heavy (non-hydrogen) atoms. The Morgan fingerprint density at radius 2 is 2.10 bits per heavy atom. The number of aryl methyl sites for hydroxylation is 1. The molecule has 4 nitrogen and oxygen atoms in total. The second-order valence-electron chi connectivity index (χ2n) is 4.72. The molecule has 1 aromatic carbocycles. The predicted molar refractivity (Wildman–Crippen MR) is 79.9 cm³/mol. The van der Waals surface area contributed by atoms with Crippen LogP contribution in [0.4, 0.5) is 4.39 Å². The normalized spacial score (nSPS) is 11.1. The summed E-state index contributed by atoms with van der Waals surface area (Å²) in [6.45, 7) is 2.05. The zero-order chi connectivity index (χ0) is 15.0. The molecule has 0 bridgehead atoms. The number of thiophene rings is 1. The molecular weight excluding hydrogens is 291 g/mol. The average Bonchev–Trinajstić information content (AvgIpc) is 3.01. The largest absolute Gasteiger partial charge is 0.477 e. The van der Waals surface area contributed by atoms with Crippen molar-refractivity contribution in [2.75, 3.05) is 0 Å².